The average molecular weight is 246 g/mol. The zero-order chi connectivity index (χ0) is 13.4. The van der Waals surface area contributed by atoms with Crippen LogP contribution in [0.5, 0.6) is 0 Å². The van der Waals surface area contributed by atoms with E-state index in [-0.39, 0.29) is 12.5 Å². The molecule has 0 fully saturated rings. The summed E-state index contributed by atoms with van der Waals surface area (Å²) in [5.74, 6) is 0.569. The first-order chi connectivity index (χ1) is 8.71. The van der Waals surface area contributed by atoms with Crippen LogP contribution in [0.4, 0.5) is 11.5 Å². The first-order valence-electron chi connectivity index (χ1n) is 5.64. The van der Waals surface area contributed by atoms with Gasteiger partial charge in [0.15, 0.2) is 0 Å². The van der Waals surface area contributed by atoms with Crippen LogP contribution in [0, 0.1) is 0 Å². The highest BCUT2D eigenvalue weighted by atomic mass is 16.1. The van der Waals surface area contributed by atoms with Crippen molar-refractivity contribution in [1.29, 1.82) is 0 Å². The van der Waals surface area contributed by atoms with Gasteiger partial charge in [0.2, 0.25) is 5.91 Å². The van der Waals surface area contributed by atoms with Gasteiger partial charge in [0, 0.05) is 13.1 Å². The minimum Gasteiger partial charge on any atom is -0.349 e. The number of carbonyl (C=O) groups excluding carboxylic acids is 1. The summed E-state index contributed by atoms with van der Waals surface area (Å²) in [6.07, 6.45) is 5.20. The minimum absolute atomic E-state index is 0.0409. The second-order valence-electron chi connectivity index (χ2n) is 3.64. The van der Waals surface area contributed by atoms with E-state index < -0.39 is 0 Å². The van der Waals surface area contributed by atoms with Gasteiger partial charge in [0.25, 0.3) is 0 Å². The third-order valence-electron chi connectivity index (χ3n) is 2.24. The van der Waals surface area contributed by atoms with Crippen molar-refractivity contribution < 1.29 is 4.79 Å². The molecule has 0 saturated carbocycles. The number of hydrogen-bond donors (Lipinski definition) is 2. The number of carbonyl (C=O) groups is 1. The topological polar surface area (TPSA) is 71.2 Å². The standard InChI is InChI=1S/C13H18N4O/c1-3-7-17(8-4-2)12-6-5-11(10-15-12)16-13(18)9-14/h3-6,10H,1-2,7-9,14H2,(H,16,18). The van der Waals surface area contributed by atoms with E-state index in [1.54, 1.807) is 24.4 Å². The Bertz CT molecular complexity index is 404. The molecular weight excluding hydrogens is 228 g/mol. The maximum atomic E-state index is 11.1. The molecule has 1 rings (SSSR count). The maximum Gasteiger partial charge on any atom is 0.238 e. The number of aromatic nitrogens is 1. The fraction of sp³-hybridized carbons (Fsp3) is 0.231. The number of nitrogens with two attached hydrogens (primary N) is 1. The molecule has 0 aliphatic rings. The van der Waals surface area contributed by atoms with Crippen molar-refractivity contribution in [2.75, 3.05) is 29.9 Å². The number of hydrogen-bond acceptors (Lipinski definition) is 4. The highest BCUT2D eigenvalue weighted by Gasteiger charge is 2.05. The molecular formula is C13H18N4O. The molecule has 5 heteroatoms. The van der Waals surface area contributed by atoms with Crippen LogP contribution in [-0.2, 0) is 4.79 Å². The monoisotopic (exact) mass is 246 g/mol. The van der Waals surface area contributed by atoms with Gasteiger partial charge in [-0.25, -0.2) is 4.98 Å². The van der Waals surface area contributed by atoms with Gasteiger partial charge in [0.05, 0.1) is 18.4 Å². The van der Waals surface area contributed by atoms with Crippen LogP contribution >= 0.6 is 0 Å². The molecule has 5 nitrogen and oxygen atoms in total. The summed E-state index contributed by atoms with van der Waals surface area (Å²) in [7, 11) is 0. The van der Waals surface area contributed by atoms with E-state index in [2.05, 4.69) is 23.5 Å². The molecule has 0 aromatic carbocycles. The molecule has 0 aliphatic carbocycles. The number of pyridine rings is 1. The molecule has 0 spiro atoms. The second kappa shape index (κ2) is 7.24. The highest BCUT2D eigenvalue weighted by molar-refractivity contribution is 5.91. The Hall–Kier alpha value is -2.14. The molecule has 0 saturated heterocycles. The lowest BCUT2D eigenvalue weighted by Crippen LogP contribution is -2.24. The molecule has 3 N–H and O–H groups in total. The van der Waals surface area contributed by atoms with Crippen LogP contribution in [0.3, 0.4) is 0 Å². The number of amides is 1. The third kappa shape index (κ3) is 4.03. The van der Waals surface area contributed by atoms with Crippen molar-refractivity contribution in [1.82, 2.24) is 4.98 Å². The van der Waals surface area contributed by atoms with Gasteiger partial charge < -0.3 is 16.0 Å². The van der Waals surface area contributed by atoms with E-state index in [0.717, 1.165) is 5.82 Å². The van der Waals surface area contributed by atoms with Crippen LogP contribution in [0.25, 0.3) is 0 Å². The zero-order valence-corrected chi connectivity index (χ0v) is 10.3. The van der Waals surface area contributed by atoms with E-state index in [1.165, 1.54) is 0 Å². The Kier molecular flexibility index (Phi) is 5.60. The lowest BCUT2D eigenvalue weighted by atomic mass is 10.3. The molecule has 1 heterocycles. The van der Waals surface area contributed by atoms with Crippen molar-refractivity contribution in [3.8, 4) is 0 Å². The van der Waals surface area contributed by atoms with Crippen LogP contribution in [0.15, 0.2) is 43.6 Å². The van der Waals surface area contributed by atoms with Gasteiger partial charge in [-0.1, -0.05) is 12.2 Å². The van der Waals surface area contributed by atoms with Gasteiger partial charge in [0.1, 0.15) is 5.82 Å². The van der Waals surface area contributed by atoms with E-state index in [1.807, 2.05) is 11.0 Å². The molecule has 0 unspecified atom stereocenters. The summed E-state index contributed by atoms with van der Waals surface area (Å²) in [5.41, 5.74) is 5.85. The Morgan fingerprint density at radius 3 is 2.50 bits per heavy atom. The fourth-order valence-electron chi connectivity index (χ4n) is 1.43. The molecule has 0 aliphatic heterocycles. The summed E-state index contributed by atoms with van der Waals surface area (Å²) < 4.78 is 0. The molecule has 1 aromatic rings. The predicted molar refractivity (Wildman–Crippen MR) is 74.5 cm³/mol. The predicted octanol–water partition coefficient (Wildman–Crippen LogP) is 1.16. The number of anilines is 2. The van der Waals surface area contributed by atoms with Gasteiger partial charge in [-0.3, -0.25) is 4.79 Å². The Morgan fingerprint density at radius 1 is 1.39 bits per heavy atom. The normalized spacial score (nSPS) is 9.61. The maximum absolute atomic E-state index is 11.1. The fourth-order valence-corrected chi connectivity index (χ4v) is 1.43. The second-order valence-corrected chi connectivity index (χ2v) is 3.64. The summed E-state index contributed by atoms with van der Waals surface area (Å²) >= 11 is 0. The van der Waals surface area contributed by atoms with Crippen LogP contribution in [0.1, 0.15) is 0 Å². The molecule has 0 atom stereocenters. The molecule has 0 radical (unpaired) electrons. The summed E-state index contributed by atoms with van der Waals surface area (Å²) in [6.45, 7) is 8.74. The van der Waals surface area contributed by atoms with Crippen molar-refractivity contribution in [2.45, 2.75) is 0 Å². The van der Waals surface area contributed by atoms with E-state index >= 15 is 0 Å². The summed E-state index contributed by atoms with van der Waals surface area (Å²) in [5, 5.41) is 2.64. The van der Waals surface area contributed by atoms with Crippen molar-refractivity contribution in [3.05, 3.63) is 43.6 Å². The number of rotatable bonds is 7. The Labute approximate surface area is 107 Å². The van der Waals surface area contributed by atoms with Crippen molar-refractivity contribution >= 4 is 17.4 Å². The lowest BCUT2D eigenvalue weighted by molar-refractivity contribution is -0.114. The summed E-state index contributed by atoms with van der Waals surface area (Å²) in [6, 6.07) is 3.62. The van der Waals surface area contributed by atoms with E-state index in [4.69, 9.17) is 5.73 Å². The highest BCUT2D eigenvalue weighted by Crippen LogP contribution is 2.14. The van der Waals surface area contributed by atoms with Gasteiger partial charge in [-0.05, 0) is 12.1 Å². The average Bonchev–Trinajstić information content (AvgIpc) is 2.39. The Balaban J connectivity index is 2.76. The number of nitrogens with one attached hydrogen (secondary N) is 1. The van der Waals surface area contributed by atoms with Crippen molar-refractivity contribution in [2.24, 2.45) is 5.73 Å². The van der Waals surface area contributed by atoms with Gasteiger partial charge in [-0.2, -0.15) is 0 Å². The van der Waals surface area contributed by atoms with Crippen LogP contribution in [0.2, 0.25) is 0 Å². The van der Waals surface area contributed by atoms with Crippen LogP contribution in [-0.4, -0.2) is 30.5 Å². The number of nitrogens with zero attached hydrogens (tertiary/aromatic N) is 2. The van der Waals surface area contributed by atoms with Crippen LogP contribution < -0.4 is 16.0 Å². The Morgan fingerprint density at radius 2 is 2.06 bits per heavy atom. The van der Waals surface area contributed by atoms with Crippen molar-refractivity contribution in [3.63, 3.8) is 0 Å². The quantitative estimate of drug-likeness (QED) is 0.708. The smallest absolute Gasteiger partial charge is 0.238 e. The van der Waals surface area contributed by atoms with E-state index in [0.29, 0.717) is 18.8 Å². The first kappa shape index (κ1) is 13.9. The largest absolute Gasteiger partial charge is 0.349 e. The molecule has 1 amide bonds. The lowest BCUT2D eigenvalue weighted by Gasteiger charge is -2.20. The molecule has 96 valence electrons. The van der Waals surface area contributed by atoms with Gasteiger partial charge >= 0.3 is 0 Å². The van der Waals surface area contributed by atoms with Gasteiger partial charge in [-0.15, -0.1) is 13.2 Å². The first-order valence-corrected chi connectivity index (χ1v) is 5.64. The molecule has 0 bridgehead atoms. The minimum atomic E-state index is -0.237. The SMILES string of the molecule is C=CCN(CC=C)c1ccc(NC(=O)CN)cn1. The molecule has 1 aromatic heterocycles. The molecule has 18 heavy (non-hydrogen) atoms. The van der Waals surface area contributed by atoms with E-state index in [9.17, 15) is 4.79 Å². The zero-order valence-electron chi connectivity index (χ0n) is 10.3. The third-order valence-corrected chi connectivity index (χ3v) is 2.24. The summed E-state index contributed by atoms with van der Waals surface area (Å²) in [4.78, 5) is 17.4.